The van der Waals surface area contributed by atoms with Crippen LogP contribution in [0.3, 0.4) is 0 Å². The molecular formula is C10H18N4O2. The van der Waals surface area contributed by atoms with E-state index in [4.69, 9.17) is 0 Å². The highest BCUT2D eigenvalue weighted by atomic mass is 16.2. The van der Waals surface area contributed by atoms with Crippen molar-refractivity contribution >= 4 is 24.2 Å². The average Bonchev–Trinajstić information content (AvgIpc) is 2.29. The van der Waals surface area contributed by atoms with E-state index < -0.39 is 0 Å². The number of hydrogen-bond acceptors (Lipinski definition) is 4. The van der Waals surface area contributed by atoms with Crippen LogP contribution in [0.4, 0.5) is 0 Å². The summed E-state index contributed by atoms with van der Waals surface area (Å²) in [5, 5.41) is 7.21. The Morgan fingerprint density at radius 2 is 1.31 bits per heavy atom. The molecule has 0 unspecified atom stereocenters. The van der Waals surface area contributed by atoms with Gasteiger partial charge in [0.15, 0.2) is 0 Å². The molecule has 0 rings (SSSR count). The molecule has 0 saturated heterocycles. The average molecular weight is 226 g/mol. The lowest BCUT2D eigenvalue weighted by Gasteiger charge is -2.00. The number of nitrogens with one attached hydrogen (secondary N) is 2. The second kappa shape index (κ2) is 9.82. The first kappa shape index (κ1) is 14.3. The van der Waals surface area contributed by atoms with Gasteiger partial charge < -0.3 is 0 Å². The normalized spacial score (nSPS) is 10.9. The summed E-state index contributed by atoms with van der Waals surface area (Å²) < 4.78 is 0. The van der Waals surface area contributed by atoms with Gasteiger partial charge in [0.25, 0.3) is 0 Å². The number of amides is 2. The van der Waals surface area contributed by atoms with Gasteiger partial charge in [-0.1, -0.05) is 0 Å². The van der Waals surface area contributed by atoms with E-state index >= 15 is 0 Å². The largest absolute Gasteiger partial charge is 0.273 e. The molecule has 0 aliphatic rings. The number of hydrogen-bond donors (Lipinski definition) is 2. The second-order valence-electron chi connectivity index (χ2n) is 3.05. The van der Waals surface area contributed by atoms with Crippen molar-refractivity contribution in [1.82, 2.24) is 10.9 Å². The monoisotopic (exact) mass is 226 g/mol. The van der Waals surface area contributed by atoms with Crippen LogP contribution < -0.4 is 10.9 Å². The predicted octanol–water partition coefficient (Wildman–Crippen LogP) is 0.791. The summed E-state index contributed by atoms with van der Waals surface area (Å²) in [7, 11) is 0. The van der Waals surface area contributed by atoms with Crippen molar-refractivity contribution in [2.24, 2.45) is 10.2 Å². The maximum Gasteiger partial charge on any atom is 0.240 e. The molecule has 0 heterocycles. The Balaban J connectivity index is 3.45. The van der Waals surface area contributed by atoms with Gasteiger partial charge in [-0.2, -0.15) is 10.2 Å². The van der Waals surface area contributed by atoms with E-state index in [2.05, 4.69) is 21.1 Å². The number of carbonyl (C=O) groups excluding carboxylic acids is 2. The van der Waals surface area contributed by atoms with E-state index in [-0.39, 0.29) is 11.8 Å². The van der Waals surface area contributed by atoms with Crippen molar-refractivity contribution in [1.29, 1.82) is 0 Å². The molecule has 0 saturated carbocycles. The minimum Gasteiger partial charge on any atom is -0.273 e. The Labute approximate surface area is 95.2 Å². The van der Waals surface area contributed by atoms with Gasteiger partial charge in [0.1, 0.15) is 0 Å². The summed E-state index contributed by atoms with van der Waals surface area (Å²) >= 11 is 0. The van der Waals surface area contributed by atoms with Crippen molar-refractivity contribution in [3.8, 4) is 0 Å². The highest BCUT2D eigenvalue weighted by molar-refractivity contribution is 5.77. The van der Waals surface area contributed by atoms with Gasteiger partial charge in [-0.3, -0.25) is 9.59 Å². The molecule has 0 aliphatic carbocycles. The van der Waals surface area contributed by atoms with Gasteiger partial charge in [-0.25, -0.2) is 10.9 Å². The first-order chi connectivity index (χ1) is 7.70. The Morgan fingerprint density at radius 1 is 0.938 bits per heavy atom. The van der Waals surface area contributed by atoms with Crippen molar-refractivity contribution in [3.05, 3.63) is 0 Å². The maximum absolute atomic E-state index is 11.1. The number of hydrazone groups is 2. The highest BCUT2D eigenvalue weighted by Gasteiger charge is 2.02. The topological polar surface area (TPSA) is 82.9 Å². The molecule has 90 valence electrons. The molecule has 0 spiro atoms. The molecule has 16 heavy (non-hydrogen) atoms. The van der Waals surface area contributed by atoms with E-state index in [1.165, 1.54) is 12.4 Å². The lowest BCUT2D eigenvalue weighted by Crippen LogP contribution is -2.18. The van der Waals surface area contributed by atoms with Crippen molar-refractivity contribution < 1.29 is 9.59 Å². The quantitative estimate of drug-likeness (QED) is 0.382. The van der Waals surface area contributed by atoms with Crippen LogP contribution >= 0.6 is 0 Å². The summed E-state index contributed by atoms with van der Waals surface area (Å²) in [6.07, 6.45) is 5.09. The summed E-state index contributed by atoms with van der Waals surface area (Å²) in [6.45, 7) is 3.44. The fourth-order valence-corrected chi connectivity index (χ4v) is 0.956. The Bertz CT molecular complexity index is 246. The zero-order valence-corrected chi connectivity index (χ0v) is 9.69. The summed E-state index contributed by atoms with van der Waals surface area (Å²) in [5.41, 5.74) is 4.72. The molecular weight excluding hydrogens is 208 g/mol. The van der Waals surface area contributed by atoms with E-state index in [9.17, 15) is 9.59 Å². The molecule has 2 N–H and O–H groups in total. The smallest absolute Gasteiger partial charge is 0.240 e. The van der Waals surface area contributed by atoms with Crippen LogP contribution in [0.5, 0.6) is 0 Å². The van der Waals surface area contributed by atoms with Crippen LogP contribution in [0.25, 0.3) is 0 Å². The van der Waals surface area contributed by atoms with Crippen LogP contribution in [-0.2, 0) is 9.59 Å². The SMILES string of the molecule is CC=NNC(=O)CCCCC(=O)NN=CC. The molecule has 0 radical (unpaired) electrons. The van der Waals surface area contributed by atoms with Crippen LogP contribution in [0.15, 0.2) is 10.2 Å². The number of unbranched alkanes of at least 4 members (excludes halogenated alkanes) is 1. The number of nitrogens with zero attached hydrogens (tertiary/aromatic N) is 2. The van der Waals surface area contributed by atoms with E-state index in [1.807, 2.05) is 0 Å². The Hall–Kier alpha value is -1.72. The lowest BCUT2D eigenvalue weighted by atomic mass is 10.2. The molecule has 0 atom stereocenters. The van der Waals surface area contributed by atoms with Crippen LogP contribution in [0.1, 0.15) is 39.5 Å². The molecule has 0 aromatic rings. The lowest BCUT2D eigenvalue weighted by molar-refractivity contribution is -0.123. The van der Waals surface area contributed by atoms with Crippen molar-refractivity contribution in [2.45, 2.75) is 39.5 Å². The molecule has 0 aromatic carbocycles. The number of carbonyl (C=O) groups is 2. The highest BCUT2D eigenvalue weighted by Crippen LogP contribution is 1.99. The third kappa shape index (κ3) is 8.86. The standard InChI is InChI=1S/C10H18N4O2/c1-3-11-13-9(15)7-5-6-8-10(16)14-12-4-2/h3-4H,5-8H2,1-2H3,(H,13,15)(H,14,16). The minimum atomic E-state index is -0.134. The Kier molecular flexibility index (Phi) is 8.76. The van der Waals surface area contributed by atoms with Crippen molar-refractivity contribution in [3.63, 3.8) is 0 Å². The molecule has 0 aliphatic heterocycles. The van der Waals surface area contributed by atoms with E-state index in [0.29, 0.717) is 25.7 Å². The summed E-state index contributed by atoms with van der Waals surface area (Å²) in [6, 6.07) is 0. The van der Waals surface area contributed by atoms with Crippen LogP contribution in [0.2, 0.25) is 0 Å². The van der Waals surface area contributed by atoms with Crippen molar-refractivity contribution in [2.75, 3.05) is 0 Å². The van der Waals surface area contributed by atoms with Crippen LogP contribution in [0, 0.1) is 0 Å². The Morgan fingerprint density at radius 3 is 1.62 bits per heavy atom. The first-order valence-electron chi connectivity index (χ1n) is 5.23. The third-order valence-corrected chi connectivity index (χ3v) is 1.69. The second-order valence-corrected chi connectivity index (χ2v) is 3.05. The predicted molar refractivity (Wildman–Crippen MR) is 63.1 cm³/mol. The minimum absolute atomic E-state index is 0.134. The fraction of sp³-hybridized carbons (Fsp3) is 0.600. The van der Waals surface area contributed by atoms with Gasteiger partial charge in [0, 0.05) is 25.3 Å². The van der Waals surface area contributed by atoms with Gasteiger partial charge in [-0.05, 0) is 26.7 Å². The maximum atomic E-state index is 11.1. The van der Waals surface area contributed by atoms with Gasteiger partial charge in [0.05, 0.1) is 0 Å². The summed E-state index contributed by atoms with van der Waals surface area (Å²) in [5.74, 6) is -0.268. The number of rotatable bonds is 7. The zero-order valence-electron chi connectivity index (χ0n) is 9.69. The molecule has 2 amide bonds. The van der Waals surface area contributed by atoms with Gasteiger partial charge in [-0.15, -0.1) is 0 Å². The first-order valence-corrected chi connectivity index (χ1v) is 5.23. The van der Waals surface area contributed by atoms with Crippen LogP contribution in [-0.4, -0.2) is 24.2 Å². The molecule has 0 fully saturated rings. The van der Waals surface area contributed by atoms with E-state index in [1.54, 1.807) is 13.8 Å². The summed E-state index contributed by atoms with van der Waals surface area (Å²) in [4.78, 5) is 22.1. The molecule has 6 heteroatoms. The zero-order chi connectivity index (χ0) is 12.2. The molecule has 0 aromatic heterocycles. The molecule has 0 bridgehead atoms. The molecule has 6 nitrogen and oxygen atoms in total. The third-order valence-electron chi connectivity index (χ3n) is 1.69. The van der Waals surface area contributed by atoms with Gasteiger partial charge in [0.2, 0.25) is 11.8 Å². The van der Waals surface area contributed by atoms with Gasteiger partial charge >= 0.3 is 0 Å². The fourth-order valence-electron chi connectivity index (χ4n) is 0.956. The van der Waals surface area contributed by atoms with E-state index in [0.717, 1.165) is 0 Å².